The lowest BCUT2D eigenvalue weighted by Gasteiger charge is -2.24. The van der Waals surface area contributed by atoms with Crippen molar-refractivity contribution in [2.75, 3.05) is 20.1 Å². The molecular weight excluding hydrogens is 236 g/mol. The fraction of sp³-hybridized carbons (Fsp3) is 0.625. The molecule has 1 unspecified atom stereocenters. The van der Waals surface area contributed by atoms with Gasteiger partial charge in [0.15, 0.2) is 0 Å². The molecule has 0 aromatic heterocycles. The van der Waals surface area contributed by atoms with Crippen LogP contribution in [0.5, 0.6) is 5.75 Å². The Morgan fingerprint density at radius 1 is 1.42 bits per heavy atom. The summed E-state index contributed by atoms with van der Waals surface area (Å²) < 4.78 is 5.76. The van der Waals surface area contributed by atoms with E-state index >= 15 is 0 Å². The molecule has 1 N–H and O–H groups in total. The van der Waals surface area contributed by atoms with Crippen LogP contribution >= 0.6 is 0 Å². The zero-order chi connectivity index (χ0) is 13.7. The van der Waals surface area contributed by atoms with Gasteiger partial charge in [0, 0.05) is 19.1 Å². The van der Waals surface area contributed by atoms with Crippen LogP contribution in [-0.4, -0.2) is 37.2 Å². The van der Waals surface area contributed by atoms with Gasteiger partial charge >= 0.3 is 0 Å². The quantitative estimate of drug-likeness (QED) is 0.853. The largest absolute Gasteiger partial charge is 0.491 e. The number of ether oxygens (including phenoxy) is 1. The molecule has 0 radical (unpaired) electrons. The summed E-state index contributed by atoms with van der Waals surface area (Å²) in [6.07, 6.45) is 2.86. The average molecular weight is 262 g/mol. The van der Waals surface area contributed by atoms with Crippen molar-refractivity contribution in [3.63, 3.8) is 0 Å². The Bertz CT molecular complexity index is 392. The third-order valence-electron chi connectivity index (χ3n) is 3.59. The van der Waals surface area contributed by atoms with Crippen LogP contribution in [0.25, 0.3) is 0 Å². The zero-order valence-corrected chi connectivity index (χ0v) is 12.4. The molecule has 3 nitrogen and oxygen atoms in total. The Kier molecular flexibility index (Phi) is 5.23. The van der Waals surface area contributed by atoms with Crippen molar-refractivity contribution >= 4 is 0 Å². The first-order valence-corrected chi connectivity index (χ1v) is 7.33. The molecule has 19 heavy (non-hydrogen) atoms. The summed E-state index contributed by atoms with van der Waals surface area (Å²) in [7, 11) is 2.04. The van der Waals surface area contributed by atoms with Crippen LogP contribution in [0.4, 0.5) is 0 Å². The van der Waals surface area contributed by atoms with Gasteiger partial charge in [-0.1, -0.05) is 12.1 Å². The Hall–Kier alpha value is -1.06. The van der Waals surface area contributed by atoms with E-state index in [1.165, 1.54) is 24.9 Å². The Morgan fingerprint density at radius 3 is 3.00 bits per heavy atom. The minimum Gasteiger partial charge on any atom is -0.491 e. The molecule has 3 heteroatoms. The minimum absolute atomic E-state index is 0.235. The van der Waals surface area contributed by atoms with E-state index in [9.17, 15) is 0 Å². The second-order valence-corrected chi connectivity index (χ2v) is 5.64. The molecule has 1 saturated heterocycles. The van der Waals surface area contributed by atoms with Crippen LogP contribution in [0, 0.1) is 0 Å². The van der Waals surface area contributed by atoms with Gasteiger partial charge in [-0.3, -0.25) is 4.90 Å². The lowest BCUT2D eigenvalue weighted by molar-refractivity contribution is 0.235. The van der Waals surface area contributed by atoms with E-state index in [0.29, 0.717) is 6.04 Å². The van der Waals surface area contributed by atoms with E-state index in [1.807, 2.05) is 13.1 Å². The number of hydrogen-bond donors (Lipinski definition) is 1. The molecule has 1 aromatic carbocycles. The van der Waals surface area contributed by atoms with Crippen molar-refractivity contribution in [3.05, 3.63) is 29.8 Å². The molecule has 0 aliphatic carbocycles. The fourth-order valence-electron chi connectivity index (χ4n) is 2.79. The third kappa shape index (κ3) is 4.22. The van der Waals surface area contributed by atoms with Gasteiger partial charge in [-0.15, -0.1) is 0 Å². The molecule has 0 saturated carbocycles. The molecule has 1 fully saturated rings. The van der Waals surface area contributed by atoms with E-state index < -0.39 is 0 Å². The number of hydrogen-bond acceptors (Lipinski definition) is 3. The summed E-state index contributed by atoms with van der Waals surface area (Å²) in [6, 6.07) is 9.19. The van der Waals surface area contributed by atoms with E-state index in [1.54, 1.807) is 0 Å². The SMILES string of the molecule is CNCC1CCCN1Cc1cccc(OC(C)C)c1. The molecule has 0 amide bonds. The van der Waals surface area contributed by atoms with E-state index in [-0.39, 0.29) is 6.10 Å². The molecule has 1 aliphatic heterocycles. The average Bonchev–Trinajstić information content (AvgIpc) is 2.77. The van der Waals surface area contributed by atoms with Crippen LogP contribution < -0.4 is 10.1 Å². The predicted molar refractivity (Wildman–Crippen MR) is 79.6 cm³/mol. The maximum Gasteiger partial charge on any atom is 0.120 e. The Balaban J connectivity index is 1.98. The van der Waals surface area contributed by atoms with Gasteiger partial charge in [-0.25, -0.2) is 0 Å². The molecule has 2 rings (SSSR count). The van der Waals surface area contributed by atoms with Crippen LogP contribution in [0.15, 0.2) is 24.3 Å². The Labute approximate surface area is 116 Å². The van der Waals surface area contributed by atoms with Gasteiger partial charge < -0.3 is 10.1 Å². The van der Waals surface area contributed by atoms with Crippen LogP contribution in [-0.2, 0) is 6.54 Å². The molecule has 1 aromatic rings. The molecular formula is C16H26N2O. The summed E-state index contributed by atoms with van der Waals surface area (Å²) in [6.45, 7) is 7.46. The lowest BCUT2D eigenvalue weighted by atomic mass is 10.1. The minimum atomic E-state index is 0.235. The summed E-state index contributed by atoms with van der Waals surface area (Å²) >= 11 is 0. The topological polar surface area (TPSA) is 24.5 Å². The van der Waals surface area contributed by atoms with Crippen molar-refractivity contribution in [1.82, 2.24) is 10.2 Å². The summed E-state index contributed by atoms with van der Waals surface area (Å²) in [4.78, 5) is 2.57. The second-order valence-electron chi connectivity index (χ2n) is 5.64. The van der Waals surface area contributed by atoms with Crippen LogP contribution in [0.1, 0.15) is 32.3 Å². The van der Waals surface area contributed by atoms with Crippen molar-refractivity contribution in [3.8, 4) is 5.75 Å². The zero-order valence-electron chi connectivity index (χ0n) is 12.4. The fourth-order valence-corrected chi connectivity index (χ4v) is 2.79. The summed E-state index contributed by atoms with van der Waals surface area (Å²) in [5, 5.41) is 3.30. The monoisotopic (exact) mass is 262 g/mol. The van der Waals surface area contributed by atoms with Crippen molar-refractivity contribution in [2.45, 2.75) is 45.4 Å². The highest BCUT2D eigenvalue weighted by Gasteiger charge is 2.23. The first-order chi connectivity index (χ1) is 9.19. The molecule has 0 bridgehead atoms. The van der Waals surface area contributed by atoms with Gasteiger partial charge in [-0.05, 0) is 58.0 Å². The summed E-state index contributed by atoms with van der Waals surface area (Å²) in [5.41, 5.74) is 1.35. The maximum absolute atomic E-state index is 5.76. The van der Waals surface area contributed by atoms with Gasteiger partial charge in [0.1, 0.15) is 5.75 Å². The van der Waals surface area contributed by atoms with Crippen molar-refractivity contribution < 1.29 is 4.74 Å². The third-order valence-corrected chi connectivity index (χ3v) is 3.59. The maximum atomic E-state index is 5.76. The normalized spacial score (nSPS) is 20.1. The number of nitrogens with one attached hydrogen (secondary N) is 1. The number of rotatable bonds is 6. The van der Waals surface area contributed by atoms with E-state index in [2.05, 4.69) is 42.3 Å². The number of benzene rings is 1. The second kappa shape index (κ2) is 6.92. The highest BCUT2D eigenvalue weighted by atomic mass is 16.5. The van der Waals surface area contributed by atoms with Crippen molar-refractivity contribution in [1.29, 1.82) is 0 Å². The van der Waals surface area contributed by atoms with Gasteiger partial charge in [0.25, 0.3) is 0 Å². The Morgan fingerprint density at radius 2 is 2.26 bits per heavy atom. The lowest BCUT2D eigenvalue weighted by Crippen LogP contribution is -2.36. The van der Waals surface area contributed by atoms with E-state index in [0.717, 1.165) is 18.8 Å². The number of likely N-dealkylation sites (tertiary alicyclic amines) is 1. The van der Waals surface area contributed by atoms with Gasteiger partial charge in [0.2, 0.25) is 0 Å². The number of likely N-dealkylation sites (N-methyl/N-ethyl adjacent to an activating group) is 1. The smallest absolute Gasteiger partial charge is 0.120 e. The molecule has 1 aliphatic rings. The first-order valence-electron chi connectivity index (χ1n) is 7.33. The highest BCUT2D eigenvalue weighted by molar-refractivity contribution is 5.28. The molecule has 1 heterocycles. The number of nitrogens with zero attached hydrogens (tertiary/aromatic N) is 1. The summed E-state index contributed by atoms with van der Waals surface area (Å²) in [5.74, 6) is 0.983. The van der Waals surface area contributed by atoms with Crippen LogP contribution in [0.3, 0.4) is 0 Å². The van der Waals surface area contributed by atoms with Gasteiger partial charge in [-0.2, -0.15) is 0 Å². The molecule has 1 atom stereocenters. The van der Waals surface area contributed by atoms with Crippen molar-refractivity contribution in [2.24, 2.45) is 0 Å². The van der Waals surface area contributed by atoms with E-state index in [4.69, 9.17) is 4.74 Å². The highest BCUT2D eigenvalue weighted by Crippen LogP contribution is 2.22. The standard InChI is InChI=1S/C16H26N2O/c1-13(2)19-16-8-4-6-14(10-16)12-18-9-5-7-15(18)11-17-3/h4,6,8,10,13,15,17H,5,7,9,11-12H2,1-3H3. The molecule has 106 valence electrons. The predicted octanol–water partition coefficient (Wildman–Crippen LogP) is 2.66. The van der Waals surface area contributed by atoms with Gasteiger partial charge in [0.05, 0.1) is 6.10 Å². The van der Waals surface area contributed by atoms with Crippen LogP contribution in [0.2, 0.25) is 0 Å². The molecule has 0 spiro atoms. The first kappa shape index (κ1) is 14.4.